The summed E-state index contributed by atoms with van der Waals surface area (Å²) >= 11 is 0. The maximum absolute atomic E-state index is 12.7. The number of para-hydroxylation sites is 1. The Morgan fingerprint density at radius 1 is 1.00 bits per heavy atom. The van der Waals surface area contributed by atoms with E-state index < -0.39 is 0 Å². The highest BCUT2D eigenvalue weighted by Gasteiger charge is 2.20. The first-order valence-corrected chi connectivity index (χ1v) is 8.28. The van der Waals surface area contributed by atoms with Crippen molar-refractivity contribution in [2.75, 3.05) is 13.1 Å². The third kappa shape index (κ3) is 2.73. The Morgan fingerprint density at radius 2 is 1.83 bits per heavy atom. The van der Waals surface area contributed by atoms with Crippen molar-refractivity contribution in [1.82, 2.24) is 19.9 Å². The quantitative estimate of drug-likeness (QED) is 0.727. The molecule has 1 aliphatic heterocycles. The summed E-state index contributed by atoms with van der Waals surface area (Å²) in [6.07, 6.45) is 8.33. The summed E-state index contributed by atoms with van der Waals surface area (Å²) in [4.78, 5) is 27.8. The number of hydrogen-bond donors (Lipinski definition) is 0. The molecule has 120 valence electrons. The van der Waals surface area contributed by atoms with Gasteiger partial charge in [-0.3, -0.25) is 14.8 Å². The van der Waals surface area contributed by atoms with Gasteiger partial charge in [0.1, 0.15) is 5.69 Å². The number of rotatable bonds is 2. The van der Waals surface area contributed by atoms with Gasteiger partial charge >= 0.3 is 0 Å². The number of benzene rings is 1. The average Bonchev–Trinajstić information content (AvgIpc) is 2.68. The second-order valence-corrected chi connectivity index (χ2v) is 6.02. The molecule has 0 radical (unpaired) electrons. The van der Waals surface area contributed by atoms with Crippen LogP contribution in [0.15, 0.2) is 48.9 Å². The predicted molar refractivity (Wildman–Crippen MR) is 92.5 cm³/mol. The number of piperidine rings is 1. The standard InChI is InChI=1S/C19H18N4O/c24-19(23-10-2-1-3-11-23)17-13-20-12-16(22-17)15-8-4-6-14-7-5-9-21-18(14)15/h4-9,12-13H,1-3,10-11H2. The molecular formula is C19H18N4O. The number of fused-ring (bicyclic) bond motifs is 1. The summed E-state index contributed by atoms with van der Waals surface area (Å²) in [6.45, 7) is 1.61. The summed E-state index contributed by atoms with van der Waals surface area (Å²) in [5.74, 6) is -0.0303. The van der Waals surface area contributed by atoms with Gasteiger partial charge in [-0.2, -0.15) is 0 Å². The predicted octanol–water partition coefficient (Wildman–Crippen LogP) is 3.32. The molecule has 1 saturated heterocycles. The molecule has 3 heterocycles. The number of nitrogens with zero attached hydrogens (tertiary/aromatic N) is 4. The zero-order chi connectivity index (χ0) is 16.4. The first kappa shape index (κ1) is 14.8. The van der Waals surface area contributed by atoms with E-state index in [9.17, 15) is 4.79 Å². The summed E-state index contributed by atoms with van der Waals surface area (Å²) < 4.78 is 0. The van der Waals surface area contributed by atoms with Crippen molar-refractivity contribution in [2.45, 2.75) is 19.3 Å². The van der Waals surface area contributed by atoms with Crippen molar-refractivity contribution in [3.05, 3.63) is 54.6 Å². The van der Waals surface area contributed by atoms with Gasteiger partial charge in [0.05, 0.1) is 23.6 Å². The highest BCUT2D eigenvalue weighted by atomic mass is 16.2. The molecule has 0 bridgehead atoms. The maximum Gasteiger partial charge on any atom is 0.274 e. The molecule has 4 rings (SSSR count). The van der Waals surface area contributed by atoms with Gasteiger partial charge in [0.25, 0.3) is 5.91 Å². The molecule has 0 unspecified atom stereocenters. The van der Waals surface area contributed by atoms with Gasteiger partial charge in [-0.15, -0.1) is 0 Å². The fourth-order valence-corrected chi connectivity index (χ4v) is 3.17. The van der Waals surface area contributed by atoms with Gasteiger partial charge in [0, 0.05) is 30.2 Å². The summed E-state index contributed by atoms with van der Waals surface area (Å²) in [5.41, 5.74) is 2.86. The van der Waals surface area contributed by atoms with E-state index in [1.807, 2.05) is 35.2 Å². The molecule has 5 heteroatoms. The molecule has 0 N–H and O–H groups in total. The molecule has 0 spiro atoms. The Kier molecular flexibility index (Phi) is 3.91. The Hall–Kier alpha value is -2.82. The number of amides is 1. The van der Waals surface area contributed by atoms with Crippen LogP contribution in [0.5, 0.6) is 0 Å². The zero-order valence-electron chi connectivity index (χ0n) is 13.4. The van der Waals surface area contributed by atoms with E-state index in [0.717, 1.165) is 42.4 Å². The monoisotopic (exact) mass is 318 g/mol. The van der Waals surface area contributed by atoms with E-state index in [2.05, 4.69) is 15.0 Å². The number of carbonyl (C=O) groups is 1. The molecule has 1 aromatic carbocycles. The van der Waals surface area contributed by atoms with E-state index in [1.54, 1.807) is 18.6 Å². The molecule has 24 heavy (non-hydrogen) atoms. The van der Waals surface area contributed by atoms with Crippen molar-refractivity contribution in [1.29, 1.82) is 0 Å². The van der Waals surface area contributed by atoms with E-state index >= 15 is 0 Å². The lowest BCUT2D eigenvalue weighted by molar-refractivity contribution is 0.0718. The van der Waals surface area contributed by atoms with Crippen LogP contribution in [-0.2, 0) is 0 Å². The van der Waals surface area contributed by atoms with Gasteiger partial charge in [-0.1, -0.05) is 24.3 Å². The van der Waals surface area contributed by atoms with E-state index in [-0.39, 0.29) is 5.91 Å². The molecule has 3 aromatic rings. The number of aromatic nitrogens is 3. The van der Waals surface area contributed by atoms with Crippen molar-refractivity contribution in [3.8, 4) is 11.3 Å². The van der Waals surface area contributed by atoms with Gasteiger partial charge in [0.15, 0.2) is 0 Å². The Morgan fingerprint density at radius 3 is 2.71 bits per heavy atom. The molecule has 0 aliphatic carbocycles. The Bertz CT molecular complexity index is 882. The first-order valence-electron chi connectivity index (χ1n) is 8.28. The zero-order valence-corrected chi connectivity index (χ0v) is 13.4. The number of carbonyl (C=O) groups excluding carboxylic acids is 1. The average molecular weight is 318 g/mol. The molecule has 0 saturated carbocycles. The van der Waals surface area contributed by atoms with Crippen LogP contribution < -0.4 is 0 Å². The fraction of sp³-hybridized carbons (Fsp3) is 0.263. The minimum atomic E-state index is -0.0303. The van der Waals surface area contributed by atoms with Crippen LogP contribution in [0.1, 0.15) is 29.8 Å². The van der Waals surface area contributed by atoms with Crippen LogP contribution in [0, 0.1) is 0 Å². The summed E-state index contributed by atoms with van der Waals surface area (Å²) in [6, 6.07) is 9.88. The normalized spacial score (nSPS) is 14.8. The van der Waals surface area contributed by atoms with Crippen molar-refractivity contribution in [3.63, 3.8) is 0 Å². The molecule has 1 aliphatic rings. The highest BCUT2D eigenvalue weighted by molar-refractivity contribution is 5.95. The number of likely N-dealkylation sites (tertiary alicyclic amines) is 1. The van der Waals surface area contributed by atoms with Crippen LogP contribution >= 0.6 is 0 Å². The van der Waals surface area contributed by atoms with Crippen LogP contribution in [0.3, 0.4) is 0 Å². The SMILES string of the molecule is O=C(c1cncc(-c2cccc3cccnc23)n1)N1CCCCC1. The molecule has 5 nitrogen and oxygen atoms in total. The summed E-state index contributed by atoms with van der Waals surface area (Å²) in [7, 11) is 0. The lowest BCUT2D eigenvalue weighted by Crippen LogP contribution is -2.36. The minimum Gasteiger partial charge on any atom is -0.337 e. The molecule has 2 aromatic heterocycles. The second kappa shape index (κ2) is 6.35. The lowest BCUT2D eigenvalue weighted by Gasteiger charge is -2.26. The van der Waals surface area contributed by atoms with Gasteiger partial charge in [0.2, 0.25) is 0 Å². The van der Waals surface area contributed by atoms with Crippen LogP contribution in [0.25, 0.3) is 22.2 Å². The number of hydrogen-bond acceptors (Lipinski definition) is 4. The Labute approximate surface area is 140 Å². The molecule has 1 fully saturated rings. The smallest absolute Gasteiger partial charge is 0.274 e. The lowest BCUT2D eigenvalue weighted by atomic mass is 10.1. The fourth-order valence-electron chi connectivity index (χ4n) is 3.17. The maximum atomic E-state index is 12.7. The van der Waals surface area contributed by atoms with Gasteiger partial charge in [-0.05, 0) is 25.3 Å². The third-order valence-corrected chi connectivity index (χ3v) is 4.41. The number of pyridine rings is 1. The van der Waals surface area contributed by atoms with E-state index in [4.69, 9.17) is 0 Å². The highest BCUT2D eigenvalue weighted by Crippen LogP contribution is 2.25. The van der Waals surface area contributed by atoms with Crippen molar-refractivity contribution < 1.29 is 4.79 Å². The molecular weight excluding hydrogens is 300 g/mol. The van der Waals surface area contributed by atoms with Crippen LogP contribution in [0.4, 0.5) is 0 Å². The Balaban J connectivity index is 1.73. The van der Waals surface area contributed by atoms with Crippen LogP contribution in [0.2, 0.25) is 0 Å². The van der Waals surface area contributed by atoms with Crippen LogP contribution in [-0.4, -0.2) is 38.8 Å². The van der Waals surface area contributed by atoms with Crippen molar-refractivity contribution >= 4 is 16.8 Å². The van der Waals surface area contributed by atoms with Gasteiger partial charge < -0.3 is 4.90 Å². The van der Waals surface area contributed by atoms with Gasteiger partial charge in [-0.25, -0.2) is 4.98 Å². The minimum absolute atomic E-state index is 0.0303. The van der Waals surface area contributed by atoms with Crippen molar-refractivity contribution in [2.24, 2.45) is 0 Å². The summed E-state index contributed by atoms with van der Waals surface area (Å²) in [5, 5.41) is 1.05. The van der Waals surface area contributed by atoms with E-state index in [0.29, 0.717) is 11.4 Å². The largest absolute Gasteiger partial charge is 0.337 e. The third-order valence-electron chi connectivity index (χ3n) is 4.41. The topological polar surface area (TPSA) is 59.0 Å². The second-order valence-electron chi connectivity index (χ2n) is 6.02. The first-order chi connectivity index (χ1) is 11.8. The van der Waals surface area contributed by atoms with E-state index in [1.165, 1.54) is 6.42 Å². The molecule has 1 amide bonds. The molecule has 0 atom stereocenters.